The normalized spacial score (nSPS) is 21.7. The van der Waals surface area contributed by atoms with Gasteiger partial charge in [-0.15, -0.1) is 0 Å². The maximum Gasteiger partial charge on any atom is 0.352 e. The van der Waals surface area contributed by atoms with Crippen molar-refractivity contribution in [2.45, 2.75) is 57.0 Å². The van der Waals surface area contributed by atoms with E-state index in [2.05, 4.69) is 11.6 Å². The minimum atomic E-state index is -3.65. The first-order valence-electron chi connectivity index (χ1n) is 7.23. The van der Waals surface area contributed by atoms with E-state index in [0.717, 1.165) is 19.3 Å². The van der Waals surface area contributed by atoms with E-state index in [0.29, 0.717) is 5.92 Å². The van der Waals surface area contributed by atoms with Gasteiger partial charge in [0.15, 0.2) is 0 Å². The van der Waals surface area contributed by atoms with Crippen molar-refractivity contribution in [1.29, 1.82) is 0 Å². The summed E-state index contributed by atoms with van der Waals surface area (Å²) < 4.78 is 28.8. The number of hydrogen-bond donors (Lipinski definition) is 2. The number of nitrogens with one attached hydrogen (secondary N) is 1. The molecule has 2 atom stereocenters. The summed E-state index contributed by atoms with van der Waals surface area (Å²) in [7, 11) is -3.65. The Balaban J connectivity index is 2.21. The average Bonchev–Trinajstić information content (AvgIpc) is 2.93. The van der Waals surface area contributed by atoms with Gasteiger partial charge in [0, 0.05) is 18.3 Å². The molecule has 0 aromatic carbocycles. The molecule has 0 saturated heterocycles. The van der Waals surface area contributed by atoms with Crippen LogP contribution in [0.4, 0.5) is 0 Å². The van der Waals surface area contributed by atoms with Crippen LogP contribution in [-0.4, -0.2) is 30.1 Å². The topological polar surface area (TPSA) is 88.4 Å². The summed E-state index contributed by atoms with van der Waals surface area (Å²) in [5, 5.41) is 9.16. The molecule has 0 bridgehead atoms. The first kappa shape index (κ1) is 16.0. The second kappa shape index (κ2) is 5.81. The van der Waals surface area contributed by atoms with E-state index < -0.39 is 16.0 Å². The van der Waals surface area contributed by atoms with Crippen LogP contribution in [0.2, 0.25) is 0 Å². The standard InChI is InChI=1S/C14H22N2O4S/c1-4-5-10-6-12(10)15-21(19,20)11-7-13(14(17)18)16(8-11)9(2)3/h7-10,12,15H,4-6H2,1-3H3,(H,17,18). The van der Waals surface area contributed by atoms with Crippen LogP contribution in [0.25, 0.3) is 0 Å². The van der Waals surface area contributed by atoms with Gasteiger partial charge in [-0.25, -0.2) is 17.9 Å². The van der Waals surface area contributed by atoms with Gasteiger partial charge in [-0.2, -0.15) is 0 Å². The van der Waals surface area contributed by atoms with Gasteiger partial charge in [-0.1, -0.05) is 13.3 Å². The number of rotatable bonds is 7. The number of aromatic nitrogens is 1. The SMILES string of the molecule is CCCC1CC1NS(=O)(=O)c1cc(C(=O)O)n(C(C)C)c1. The highest BCUT2D eigenvalue weighted by Crippen LogP contribution is 2.35. The molecular formula is C14H22N2O4S. The summed E-state index contributed by atoms with van der Waals surface area (Å²) in [4.78, 5) is 11.2. The van der Waals surface area contributed by atoms with Crippen LogP contribution in [0.5, 0.6) is 0 Å². The Labute approximate surface area is 125 Å². The van der Waals surface area contributed by atoms with Crippen molar-refractivity contribution in [2.75, 3.05) is 0 Å². The molecule has 2 rings (SSSR count). The van der Waals surface area contributed by atoms with E-state index >= 15 is 0 Å². The van der Waals surface area contributed by atoms with E-state index in [9.17, 15) is 13.2 Å². The fourth-order valence-corrected chi connectivity index (χ4v) is 3.89. The smallest absolute Gasteiger partial charge is 0.352 e. The first-order valence-corrected chi connectivity index (χ1v) is 8.72. The number of carboxylic acid groups (broad SMARTS) is 1. The molecule has 1 saturated carbocycles. The molecule has 1 heterocycles. The van der Waals surface area contributed by atoms with Gasteiger partial charge in [0.05, 0.1) is 0 Å². The number of aromatic carboxylic acids is 1. The Kier molecular flexibility index (Phi) is 4.43. The number of hydrogen-bond acceptors (Lipinski definition) is 3. The summed E-state index contributed by atoms with van der Waals surface area (Å²) in [6, 6.07) is 1.10. The zero-order chi connectivity index (χ0) is 15.8. The van der Waals surface area contributed by atoms with Gasteiger partial charge in [-0.05, 0) is 38.7 Å². The molecule has 0 amide bonds. The molecule has 1 aliphatic carbocycles. The van der Waals surface area contributed by atoms with E-state index in [-0.39, 0.29) is 22.7 Å². The molecule has 0 radical (unpaired) electrons. The minimum Gasteiger partial charge on any atom is -0.477 e. The van der Waals surface area contributed by atoms with Crippen molar-refractivity contribution in [2.24, 2.45) is 5.92 Å². The summed E-state index contributed by atoms with van der Waals surface area (Å²) in [5.41, 5.74) is -0.00807. The summed E-state index contributed by atoms with van der Waals surface area (Å²) >= 11 is 0. The van der Waals surface area contributed by atoms with Crippen molar-refractivity contribution >= 4 is 16.0 Å². The molecule has 7 heteroatoms. The highest BCUT2D eigenvalue weighted by molar-refractivity contribution is 7.89. The fourth-order valence-electron chi connectivity index (χ4n) is 2.55. The molecule has 1 aromatic heterocycles. The van der Waals surface area contributed by atoms with Gasteiger partial charge in [0.1, 0.15) is 10.6 Å². The van der Waals surface area contributed by atoms with Crippen molar-refractivity contribution in [3.05, 3.63) is 18.0 Å². The molecule has 21 heavy (non-hydrogen) atoms. The molecule has 1 aliphatic rings. The summed E-state index contributed by atoms with van der Waals surface area (Å²) in [6.45, 7) is 5.70. The molecule has 118 valence electrons. The monoisotopic (exact) mass is 314 g/mol. The largest absolute Gasteiger partial charge is 0.477 e. The van der Waals surface area contributed by atoms with Crippen LogP contribution in [0.1, 0.15) is 56.6 Å². The summed E-state index contributed by atoms with van der Waals surface area (Å²) in [5.74, 6) is -0.712. The Hall–Kier alpha value is -1.34. The molecular weight excluding hydrogens is 292 g/mol. The zero-order valence-corrected chi connectivity index (χ0v) is 13.4. The highest BCUT2D eigenvalue weighted by atomic mass is 32.2. The number of carboxylic acids is 1. The molecule has 6 nitrogen and oxygen atoms in total. The molecule has 2 N–H and O–H groups in total. The lowest BCUT2D eigenvalue weighted by Gasteiger charge is -2.09. The lowest BCUT2D eigenvalue weighted by Crippen LogP contribution is -2.26. The van der Waals surface area contributed by atoms with Crippen LogP contribution in [0.3, 0.4) is 0 Å². The Morgan fingerprint density at radius 2 is 2.19 bits per heavy atom. The Bertz CT molecular complexity index is 633. The Morgan fingerprint density at radius 1 is 1.52 bits per heavy atom. The lowest BCUT2D eigenvalue weighted by molar-refractivity contribution is 0.0683. The summed E-state index contributed by atoms with van der Waals surface area (Å²) in [6.07, 6.45) is 4.31. The van der Waals surface area contributed by atoms with Gasteiger partial charge >= 0.3 is 5.97 Å². The number of sulfonamides is 1. The first-order chi connectivity index (χ1) is 9.76. The van der Waals surface area contributed by atoms with Gasteiger partial charge in [-0.3, -0.25) is 0 Å². The minimum absolute atomic E-state index is 0.00807. The van der Waals surface area contributed by atoms with Gasteiger partial charge in [0.2, 0.25) is 10.0 Å². The van der Waals surface area contributed by atoms with Gasteiger partial charge < -0.3 is 9.67 Å². The van der Waals surface area contributed by atoms with Crippen molar-refractivity contribution < 1.29 is 18.3 Å². The van der Waals surface area contributed by atoms with E-state index in [1.165, 1.54) is 16.8 Å². The van der Waals surface area contributed by atoms with Crippen LogP contribution < -0.4 is 4.72 Å². The molecule has 1 aromatic rings. The predicted octanol–water partition coefficient (Wildman–Crippen LogP) is 2.23. The second-order valence-electron chi connectivity index (χ2n) is 5.88. The molecule has 2 unspecified atom stereocenters. The van der Waals surface area contributed by atoms with Crippen molar-refractivity contribution in [1.82, 2.24) is 9.29 Å². The fraction of sp³-hybridized carbons (Fsp3) is 0.643. The second-order valence-corrected chi connectivity index (χ2v) is 7.59. The maximum atomic E-state index is 12.3. The maximum absolute atomic E-state index is 12.3. The molecule has 0 spiro atoms. The van der Waals surface area contributed by atoms with Gasteiger partial charge in [0.25, 0.3) is 0 Å². The highest BCUT2D eigenvalue weighted by Gasteiger charge is 2.39. The zero-order valence-electron chi connectivity index (χ0n) is 12.5. The van der Waals surface area contributed by atoms with Crippen molar-refractivity contribution in [3.8, 4) is 0 Å². The third kappa shape index (κ3) is 3.47. The third-order valence-corrected chi connectivity index (χ3v) is 5.25. The molecule has 1 fully saturated rings. The predicted molar refractivity (Wildman–Crippen MR) is 78.9 cm³/mol. The van der Waals surface area contributed by atoms with Crippen molar-refractivity contribution in [3.63, 3.8) is 0 Å². The lowest BCUT2D eigenvalue weighted by atomic mass is 10.2. The molecule has 0 aliphatic heterocycles. The third-order valence-electron chi connectivity index (χ3n) is 3.80. The van der Waals surface area contributed by atoms with Crippen LogP contribution in [0, 0.1) is 5.92 Å². The van der Waals surface area contributed by atoms with Crippen LogP contribution in [-0.2, 0) is 10.0 Å². The van der Waals surface area contributed by atoms with E-state index in [1.54, 1.807) is 0 Å². The van der Waals surface area contributed by atoms with Crippen LogP contribution in [0.15, 0.2) is 17.2 Å². The Morgan fingerprint density at radius 3 is 2.67 bits per heavy atom. The number of nitrogens with zero attached hydrogens (tertiary/aromatic N) is 1. The average molecular weight is 314 g/mol. The van der Waals surface area contributed by atoms with Crippen LogP contribution >= 0.6 is 0 Å². The number of carbonyl (C=O) groups is 1. The quantitative estimate of drug-likeness (QED) is 0.808. The van der Waals surface area contributed by atoms with E-state index in [1.807, 2.05) is 13.8 Å². The van der Waals surface area contributed by atoms with E-state index in [4.69, 9.17) is 5.11 Å².